The molecule has 0 fully saturated rings. The number of nitrogens with one attached hydrogen (secondary N) is 1. The van der Waals surface area contributed by atoms with Gasteiger partial charge in [-0.3, -0.25) is 20.1 Å². The normalized spacial score (nSPS) is 10.7. The zero-order valence-corrected chi connectivity index (χ0v) is 15.4. The molecule has 4 aromatic rings. The van der Waals surface area contributed by atoms with Crippen LogP contribution in [-0.4, -0.2) is 33.4 Å². The Hall–Kier alpha value is -3.17. The first-order chi connectivity index (χ1) is 13.2. The molecule has 1 amide bonds. The highest BCUT2D eigenvalue weighted by atomic mass is 32.1. The number of thiophene rings is 1. The SMILES string of the molecule is O=C(COC(=O)c1cccc2nccnc12)Nc1nc(-c2cccs2)cs1. The van der Waals surface area contributed by atoms with Crippen molar-refractivity contribution in [3.63, 3.8) is 0 Å². The number of hydrogen-bond acceptors (Lipinski definition) is 8. The summed E-state index contributed by atoms with van der Waals surface area (Å²) in [6.07, 6.45) is 3.04. The van der Waals surface area contributed by atoms with E-state index in [1.807, 2.05) is 22.9 Å². The van der Waals surface area contributed by atoms with E-state index in [1.54, 1.807) is 35.7 Å². The molecule has 7 nitrogen and oxygen atoms in total. The summed E-state index contributed by atoms with van der Waals surface area (Å²) in [6, 6.07) is 8.93. The Labute approximate surface area is 161 Å². The molecule has 0 bridgehead atoms. The predicted octanol–water partition coefficient (Wildman–Crippen LogP) is 3.61. The van der Waals surface area contributed by atoms with Crippen molar-refractivity contribution < 1.29 is 14.3 Å². The molecule has 3 aromatic heterocycles. The summed E-state index contributed by atoms with van der Waals surface area (Å²) in [5.41, 5.74) is 2.09. The molecule has 134 valence electrons. The van der Waals surface area contributed by atoms with Crippen LogP contribution in [0.1, 0.15) is 10.4 Å². The second-order valence-electron chi connectivity index (χ2n) is 5.37. The minimum Gasteiger partial charge on any atom is -0.452 e. The predicted molar refractivity (Wildman–Crippen MR) is 104 cm³/mol. The first-order valence-electron chi connectivity index (χ1n) is 7.87. The van der Waals surface area contributed by atoms with Crippen molar-refractivity contribution in [1.82, 2.24) is 15.0 Å². The van der Waals surface area contributed by atoms with Crippen molar-refractivity contribution in [2.24, 2.45) is 0 Å². The average Bonchev–Trinajstić information content (AvgIpc) is 3.37. The standard InChI is InChI=1S/C18H12N4O3S2/c23-15(22-18-21-13(10-27-18)14-5-2-8-26-14)9-25-17(24)11-3-1-4-12-16(11)20-7-6-19-12/h1-8,10H,9H2,(H,21,22,23). The molecule has 1 N–H and O–H groups in total. The second kappa shape index (κ2) is 7.60. The largest absolute Gasteiger partial charge is 0.452 e. The van der Waals surface area contributed by atoms with Gasteiger partial charge in [-0.05, 0) is 23.6 Å². The number of hydrogen-bond donors (Lipinski definition) is 1. The second-order valence-corrected chi connectivity index (χ2v) is 7.17. The Morgan fingerprint density at radius 1 is 1.07 bits per heavy atom. The molecule has 0 aliphatic rings. The maximum atomic E-state index is 12.3. The fraction of sp³-hybridized carbons (Fsp3) is 0.0556. The number of thiazole rings is 1. The molecule has 0 aliphatic heterocycles. The Kier molecular flexibility index (Phi) is 4.86. The molecule has 0 aliphatic carbocycles. The number of benzene rings is 1. The summed E-state index contributed by atoms with van der Waals surface area (Å²) in [6.45, 7) is -0.413. The summed E-state index contributed by atoms with van der Waals surface area (Å²) in [5, 5.41) is 6.92. The number of anilines is 1. The number of rotatable bonds is 5. The Morgan fingerprint density at radius 3 is 2.81 bits per heavy atom. The molecule has 4 rings (SSSR count). The molecule has 0 saturated heterocycles. The number of ether oxygens (including phenoxy) is 1. The van der Waals surface area contributed by atoms with Gasteiger partial charge in [0.1, 0.15) is 5.52 Å². The van der Waals surface area contributed by atoms with Crippen LogP contribution >= 0.6 is 22.7 Å². The fourth-order valence-corrected chi connectivity index (χ4v) is 3.88. The molecule has 0 saturated carbocycles. The van der Waals surface area contributed by atoms with Gasteiger partial charge in [-0.25, -0.2) is 9.78 Å². The Bertz CT molecular complexity index is 1100. The van der Waals surface area contributed by atoms with Gasteiger partial charge < -0.3 is 4.74 Å². The van der Waals surface area contributed by atoms with E-state index >= 15 is 0 Å². The van der Waals surface area contributed by atoms with Crippen LogP contribution in [0.25, 0.3) is 21.6 Å². The molecule has 1 aromatic carbocycles. The number of carbonyl (C=O) groups is 2. The van der Waals surface area contributed by atoms with Crippen LogP contribution < -0.4 is 5.32 Å². The highest BCUT2D eigenvalue weighted by molar-refractivity contribution is 7.16. The molecular weight excluding hydrogens is 384 g/mol. The van der Waals surface area contributed by atoms with Crippen LogP contribution in [0.5, 0.6) is 0 Å². The van der Waals surface area contributed by atoms with Crippen LogP contribution in [0.2, 0.25) is 0 Å². The first kappa shape index (κ1) is 17.3. The van der Waals surface area contributed by atoms with Gasteiger partial charge in [0.25, 0.3) is 5.91 Å². The van der Waals surface area contributed by atoms with Gasteiger partial charge in [0.05, 0.1) is 21.7 Å². The van der Waals surface area contributed by atoms with E-state index in [-0.39, 0.29) is 5.56 Å². The van der Waals surface area contributed by atoms with Crippen molar-refractivity contribution >= 4 is 50.7 Å². The lowest BCUT2D eigenvalue weighted by atomic mass is 10.2. The van der Waals surface area contributed by atoms with E-state index in [2.05, 4.69) is 20.3 Å². The number of esters is 1. The molecule has 9 heteroatoms. The zero-order valence-electron chi connectivity index (χ0n) is 13.8. The van der Waals surface area contributed by atoms with Crippen LogP contribution in [0.4, 0.5) is 5.13 Å². The van der Waals surface area contributed by atoms with E-state index in [9.17, 15) is 9.59 Å². The zero-order chi connectivity index (χ0) is 18.6. The Balaban J connectivity index is 1.38. The van der Waals surface area contributed by atoms with Gasteiger partial charge >= 0.3 is 5.97 Å². The maximum Gasteiger partial charge on any atom is 0.340 e. The van der Waals surface area contributed by atoms with E-state index in [0.717, 1.165) is 10.6 Å². The summed E-state index contributed by atoms with van der Waals surface area (Å²) in [4.78, 5) is 38.0. The third-order valence-corrected chi connectivity index (χ3v) is 5.23. The van der Waals surface area contributed by atoms with E-state index < -0.39 is 18.5 Å². The van der Waals surface area contributed by atoms with Gasteiger partial charge in [0, 0.05) is 17.8 Å². The topological polar surface area (TPSA) is 94.1 Å². The van der Waals surface area contributed by atoms with Crippen molar-refractivity contribution in [2.45, 2.75) is 0 Å². The lowest BCUT2D eigenvalue weighted by Gasteiger charge is -2.06. The van der Waals surface area contributed by atoms with Gasteiger partial charge in [-0.2, -0.15) is 0 Å². The summed E-state index contributed by atoms with van der Waals surface area (Å²) in [7, 11) is 0. The minimum absolute atomic E-state index is 0.266. The molecule has 0 atom stereocenters. The van der Waals surface area contributed by atoms with Gasteiger partial charge in [0.15, 0.2) is 11.7 Å². The quantitative estimate of drug-likeness (QED) is 0.518. The number of amides is 1. The van der Waals surface area contributed by atoms with E-state index in [4.69, 9.17) is 4.74 Å². The lowest BCUT2D eigenvalue weighted by molar-refractivity contribution is -0.119. The molecule has 3 heterocycles. The van der Waals surface area contributed by atoms with Crippen LogP contribution in [-0.2, 0) is 9.53 Å². The molecule has 27 heavy (non-hydrogen) atoms. The van der Waals surface area contributed by atoms with Gasteiger partial charge in [-0.1, -0.05) is 12.1 Å². The minimum atomic E-state index is -0.630. The van der Waals surface area contributed by atoms with Crippen molar-refractivity contribution in [1.29, 1.82) is 0 Å². The summed E-state index contributed by atoms with van der Waals surface area (Å²) < 4.78 is 5.11. The number of para-hydroxylation sites is 1. The van der Waals surface area contributed by atoms with Gasteiger partial charge in [-0.15, -0.1) is 22.7 Å². The highest BCUT2D eigenvalue weighted by Gasteiger charge is 2.15. The van der Waals surface area contributed by atoms with Crippen molar-refractivity contribution in [2.75, 3.05) is 11.9 Å². The van der Waals surface area contributed by atoms with Gasteiger partial charge in [0.2, 0.25) is 0 Å². The molecular formula is C18H12N4O3S2. The number of aromatic nitrogens is 3. The summed E-state index contributed by atoms with van der Waals surface area (Å²) >= 11 is 2.89. The number of fused-ring (bicyclic) bond motifs is 1. The Morgan fingerprint density at radius 2 is 1.96 bits per heavy atom. The first-order valence-corrected chi connectivity index (χ1v) is 9.63. The van der Waals surface area contributed by atoms with Crippen LogP contribution in [0.3, 0.4) is 0 Å². The molecule has 0 spiro atoms. The van der Waals surface area contributed by atoms with Crippen molar-refractivity contribution in [3.05, 3.63) is 59.0 Å². The monoisotopic (exact) mass is 396 g/mol. The summed E-state index contributed by atoms with van der Waals surface area (Å²) in [5.74, 6) is -1.09. The average molecular weight is 396 g/mol. The third-order valence-electron chi connectivity index (χ3n) is 3.58. The fourth-order valence-electron chi connectivity index (χ4n) is 2.39. The van der Waals surface area contributed by atoms with E-state index in [0.29, 0.717) is 16.2 Å². The molecule has 0 radical (unpaired) electrons. The highest BCUT2D eigenvalue weighted by Crippen LogP contribution is 2.28. The smallest absolute Gasteiger partial charge is 0.340 e. The van der Waals surface area contributed by atoms with Crippen molar-refractivity contribution in [3.8, 4) is 10.6 Å². The maximum absolute atomic E-state index is 12.3. The number of nitrogens with zero attached hydrogens (tertiary/aromatic N) is 3. The third kappa shape index (κ3) is 3.83. The van der Waals surface area contributed by atoms with Crippen LogP contribution in [0.15, 0.2) is 53.5 Å². The van der Waals surface area contributed by atoms with Crippen LogP contribution in [0, 0.1) is 0 Å². The lowest BCUT2D eigenvalue weighted by Crippen LogP contribution is -2.21. The molecule has 0 unspecified atom stereocenters. The number of carbonyl (C=O) groups excluding carboxylic acids is 2. The van der Waals surface area contributed by atoms with E-state index in [1.165, 1.54) is 17.5 Å².